The molecule has 164 valence electrons. The lowest BCUT2D eigenvalue weighted by molar-refractivity contribution is -0.121. The summed E-state index contributed by atoms with van der Waals surface area (Å²) in [6.45, 7) is 0.0332. The van der Waals surface area contributed by atoms with Gasteiger partial charge in [-0.3, -0.25) is 14.2 Å². The first kappa shape index (κ1) is 21.4. The fourth-order valence-electron chi connectivity index (χ4n) is 3.44. The molecule has 2 aromatic carbocycles. The number of carbonyl (C=O) groups is 1. The molecule has 1 N–H and O–H groups in total. The highest BCUT2D eigenvalue weighted by molar-refractivity contribution is 7.17. The van der Waals surface area contributed by atoms with Crippen LogP contribution in [0.1, 0.15) is 5.56 Å². The van der Waals surface area contributed by atoms with E-state index in [9.17, 15) is 14.4 Å². The highest BCUT2D eigenvalue weighted by atomic mass is 32.1. The van der Waals surface area contributed by atoms with Crippen molar-refractivity contribution in [2.75, 3.05) is 14.2 Å². The Kier molecular flexibility index (Phi) is 6.09. The summed E-state index contributed by atoms with van der Waals surface area (Å²) < 4.78 is 13.3. The fourth-order valence-corrected chi connectivity index (χ4v) is 4.26. The lowest BCUT2D eigenvalue weighted by Gasteiger charge is -2.13. The molecule has 4 aromatic rings. The number of thiophene rings is 1. The molecule has 0 fully saturated rings. The van der Waals surface area contributed by atoms with Gasteiger partial charge < -0.3 is 14.8 Å². The standard InChI is InChI=1S/C23H21N3O5S/c1-30-18-9-8-15(12-19(18)31-2)13-24-20(27)14-25-17-10-11-32-21(17)22(28)26(23(25)29)16-6-4-3-5-7-16/h3-12H,13-14H2,1-2H3,(H,24,27). The van der Waals surface area contributed by atoms with E-state index in [1.165, 1.54) is 15.9 Å². The number of ether oxygens (including phenoxy) is 2. The number of para-hydroxylation sites is 1. The molecule has 0 radical (unpaired) electrons. The van der Waals surface area contributed by atoms with Crippen molar-refractivity contribution < 1.29 is 14.3 Å². The Hall–Kier alpha value is -3.85. The topological polar surface area (TPSA) is 91.6 Å². The summed E-state index contributed by atoms with van der Waals surface area (Å²) in [7, 11) is 3.09. The maximum atomic E-state index is 13.2. The molecule has 2 aromatic heterocycles. The van der Waals surface area contributed by atoms with E-state index in [1.807, 2.05) is 6.07 Å². The number of fused-ring (bicyclic) bond motifs is 1. The third-order valence-electron chi connectivity index (χ3n) is 5.01. The summed E-state index contributed by atoms with van der Waals surface area (Å²) in [5.74, 6) is 0.801. The van der Waals surface area contributed by atoms with E-state index in [1.54, 1.807) is 68.1 Å². The molecule has 1 amide bonds. The predicted molar refractivity (Wildman–Crippen MR) is 123 cm³/mol. The lowest BCUT2D eigenvalue weighted by Crippen LogP contribution is -2.41. The summed E-state index contributed by atoms with van der Waals surface area (Å²) in [4.78, 5) is 38.8. The van der Waals surface area contributed by atoms with Gasteiger partial charge in [-0.2, -0.15) is 0 Å². The van der Waals surface area contributed by atoms with Gasteiger partial charge in [-0.25, -0.2) is 9.36 Å². The van der Waals surface area contributed by atoms with Crippen LogP contribution in [0.4, 0.5) is 0 Å². The molecule has 0 unspecified atom stereocenters. The molecule has 0 atom stereocenters. The second kappa shape index (κ2) is 9.11. The summed E-state index contributed by atoms with van der Waals surface area (Å²) in [5.41, 5.74) is 0.760. The minimum Gasteiger partial charge on any atom is -0.493 e. The Bertz CT molecular complexity index is 1390. The Labute approximate surface area is 187 Å². The second-order valence-electron chi connectivity index (χ2n) is 6.95. The van der Waals surface area contributed by atoms with Crippen molar-refractivity contribution in [2.45, 2.75) is 13.1 Å². The van der Waals surface area contributed by atoms with Crippen molar-refractivity contribution in [3.05, 3.63) is 86.4 Å². The van der Waals surface area contributed by atoms with Crippen LogP contribution in [0.15, 0.2) is 69.6 Å². The lowest BCUT2D eigenvalue weighted by atomic mass is 10.2. The van der Waals surface area contributed by atoms with Gasteiger partial charge in [0, 0.05) is 6.54 Å². The van der Waals surface area contributed by atoms with Crippen molar-refractivity contribution in [1.29, 1.82) is 0 Å². The largest absolute Gasteiger partial charge is 0.493 e. The van der Waals surface area contributed by atoms with Crippen LogP contribution in [0.25, 0.3) is 15.9 Å². The number of benzene rings is 2. The maximum absolute atomic E-state index is 13.2. The van der Waals surface area contributed by atoms with Gasteiger partial charge in [-0.1, -0.05) is 24.3 Å². The van der Waals surface area contributed by atoms with Crippen LogP contribution in [0.5, 0.6) is 11.5 Å². The third-order valence-corrected chi connectivity index (χ3v) is 5.90. The summed E-state index contributed by atoms with van der Waals surface area (Å²) in [6, 6.07) is 15.7. The van der Waals surface area contributed by atoms with Crippen LogP contribution in [0, 0.1) is 0 Å². The fraction of sp³-hybridized carbons (Fsp3) is 0.174. The molecule has 0 aliphatic carbocycles. The summed E-state index contributed by atoms with van der Waals surface area (Å²) >= 11 is 1.24. The van der Waals surface area contributed by atoms with Gasteiger partial charge in [-0.05, 0) is 41.3 Å². The van der Waals surface area contributed by atoms with Gasteiger partial charge in [0.15, 0.2) is 11.5 Å². The van der Waals surface area contributed by atoms with Crippen LogP contribution in [-0.4, -0.2) is 29.3 Å². The molecule has 0 aliphatic rings. The first-order valence-corrected chi connectivity index (χ1v) is 10.7. The number of aromatic nitrogens is 2. The first-order chi connectivity index (χ1) is 15.5. The molecule has 4 rings (SSSR count). The number of rotatable bonds is 7. The van der Waals surface area contributed by atoms with Crippen LogP contribution >= 0.6 is 11.3 Å². The van der Waals surface area contributed by atoms with Gasteiger partial charge in [0.25, 0.3) is 5.56 Å². The van der Waals surface area contributed by atoms with E-state index in [0.717, 1.165) is 10.1 Å². The third kappa shape index (κ3) is 4.02. The number of carbonyl (C=O) groups excluding carboxylic acids is 1. The Morgan fingerprint density at radius 1 is 1.00 bits per heavy atom. The Balaban J connectivity index is 1.62. The van der Waals surface area contributed by atoms with E-state index in [4.69, 9.17) is 9.47 Å². The number of methoxy groups -OCH3 is 2. The molecule has 0 aliphatic heterocycles. The van der Waals surface area contributed by atoms with Gasteiger partial charge >= 0.3 is 5.69 Å². The van der Waals surface area contributed by atoms with E-state index in [2.05, 4.69) is 5.32 Å². The van der Waals surface area contributed by atoms with Crippen molar-refractivity contribution >= 4 is 27.5 Å². The minimum absolute atomic E-state index is 0.216. The molecule has 0 bridgehead atoms. The molecule has 32 heavy (non-hydrogen) atoms. The predicted octanol–water partition coefficient (Wildman–Crippen LogP) is 2.55. The first-order valence-electron chi connectivity index (χ1n) is 9.79. The van der Waals surface area contributed by atoms with Gasteiger partial charge in [0.05, 0.1) is 25.4 Å². The molecule has 2 heterocycles. The normalized spacial score (nSPS) is 10.8. The molecule has 8 nitrogen and oxygen atoms in total. The maximum Gasteiger partial charge on any atom is 0.336 e. The van der Waals surface area contributed by atoms with Crippen LogP contribution in [-0.2, 0) is 17.9 Å². The summed E-state index contributed by atoms with van der Waals surface area (Å²) in [5, 5.41) is 4.55. The molecular formula is C23H21N3O5S. The van der Waals surface area contributed by atoms with E-state index in [0.29, 0.717) is 27.4 Å². The molecule has 0 saturated heterocycles. The number of hydrogen-bond donors (Lipinski definition) is 1. The van der Waals surface area contributed by atoms with Crippen LogP contribution < -0.4 is 26.0 Å². The number of amides is 1. The number of hydrogen-bond acceptors (Lipinski definition) is 6. The second-order valence-corrected chi connectivity index (χ2v) is 7.86. The van der Waals surface area contributed by atoms with Gasteiger partial charge in [-0.15, -0.1) is 11.3 Å². The van der Waals surface area contributed by atoms with Gasteiger partial charge in [0.1, 0.15) is 11.2 Å². The zero-order chi connectivity index (χ0) is 22.7. The molecule has 9 heteroatoms. The van der Waals surface area contributed by atoms with Crippen LogP contribution in [0.3, 0.4) is 0 Å². The molecule has 0 saturated carbocycles. The quantitative estimate of drug-likeness (QED) is 0.466. The van der Waals surface area contributed by atoms with Crippen LogP contribution in [0.2, 0.25) is 0 Å². The Morgan fingerprint density at radius 2 is 1.75 bits per heavy atom. The van der Waals surface area contributed by atoms with E-state index in [-0.39, 0.29) is 19.0 Å². The monoisotopic (exact) mass is 451 g/mol. The highest BCUT2D eigenvalue weighted by Gasteiger charge is 2.17. The smallest absolute Gasteiger partial charge is 0.336 e. The molecule has 0 spiro atoms. The summed E-state index contributed by atoms with van der Waals surface area (Å²) in [6.07, 6.45) is 0. The average molecular weight is 452 g/mol. The number of nitrogens with zero attached hydrogens (tertiary/aromatic N) is 2. The van der Waals surface area contributed by atoms with E-state index < -0.39 is 11.2 Å². The van der Waals surface area contributed by atoms with Gasteiger partial charge in [0.2, 0.25) is 5.91 Å². The average Bonchev–Trinajstić information content (AvgIpc) is 3.31. The minimum atomic E-state index is -0.562. The van der Waals surface area contributed by atoms with E-state index >= 15 is 0 Å². The van der Waals surface area contributed by atoms with Crippen molar-refractivity contribution in [1.82, 2.24) is 14.5 Å². The number of nitrogens with one attached hydrogen (secondary N) is 1. The Morgan fingerprint density at radius 3 is 2.47 bits per heavy atom. The highest BCUT2D eigenvalue weighted by Crippen LogP contribution is 2.27. The van der Waals surface area contributed by atoms with Crippen molar-refractivity contribution in [3.63, 3.8) is 0 Å². The van der Waals surface area contributed by atoms with Crippen molar-refractivity contribution in [3.8, 4) is 17.2 Å². The molecular weight excluding hydrogens is 430 g/mol. The zero-order valence-corrected chi connectivity index (χ0v) is 18.3. The zero-order valence-electron chi connectivity index (χ0n) is 17.5. The SMILES string of the molecule is COc1ccc(CNC(=O)Cn2c(=O)n(-c3ccccc3)c(=O)c3sccc32)cc1OC. The van der Waals surface area contributed by atoms with Crippen molar-refractivity contribution in [2.24, 2.45) is 0 Å².